The van der Waals surface area contributed by atoms with Crippen molar-refractivity contribution >= 4 is 35.0 Å². The van der Waals surface area contributed by atoms with E-state index < -0.39 is 0 Å². The first kappa shape index (κ1) is 20.8. The first-order valence-corrected chi connectivity index (χ1v) is 11.9. The first-order chi connectivity index (χ1) is 14.6. The second-order valence-corrected chi connectivity index (χ2v) is 9.23. The van der Waals surface area contributed by atoms with Gasteiger partial charge >= 0.3 is 0 Å². The summed E-state index contributed by atoms with van der Waals surface area (Å²) in [7, 11) is 0. The summed E-state index contributed by atoms with van der Waals surface area (Å²) in [6.07, 6.45) is 5.72. The lowest BCUT2D eigenvalue weighted by Crippen LogP contribution is -2.41. The Labute approximate surface area is 182 Å². The van der Waals surface area contributed by atoms with Crippen molar-refractivity contribution in [1.29, 1.82) is 0 Å². The molecule has 2 amide bonds. The van der Waals surface area contributed by atoms with Crippen LogP contribution >= 0.6 is 11.8 Å². The van der Waals surface area contributed by atoms with E-state index in [2.05, 4.69) is 35.0 Å². The molecule has 5 nitrogen and oxygen atoms in total. The Balaban J connectivity index is 1.34. The predicted molar refractivity (Wildman–Crippen MR) is 124 cm³/mol. The zero-order valence-corrected chi connectivity index (χ0v) is 18.2. The summed E-state index contributed by atoms with van der Waals surface area (Å²) in [5, 5.41) is 9.44. The van der Waals surface area contributed by atoms with Gasteiger partial charge in [-0.3, -0.25) is 9.59 Å². The average Bonchev–Trinajstić information content (AvgIpc) is 2.75. The van der Waals surface area contributed by atoms with Crippen LogP contribution in [0.4, 0.5) is 11.4 Å². The lowest BCUT2D eigenvalue weighted by Gasteiger charge is -2.27. The Hall–Kier alpha value is -2.47. The van der Waals surface area contributed by atoms with Crippen LogP contribution in [0.3, 0.4) is 0 Å². The Morgan fingerprint density at radius 2 is 1.90 bits per heavy atom. The highest BCUT2D eigenvalue weighted by Gasteiger charge is 2.26. The molecule has 2 aromatic rings. The van der Waals surface area contributed by atoms with Crippen molar-refractivity contribution < 1.29 is 9.59 Å². The molecular formula is C24H29N3O2S. The summed E-state index contributed by atoms with van der Waals surface area (Å²) in [5.41, 5.74) is 4.71. The van der Waals surface area contributed by atoms with Gasteiger partial charge in [0, 0.05) is 23.1 Å². The largest absolute Gasteiger partial charge is 0.371 e. The minimum absolute atomic E-state index is 0.0513. The second kappa shape index (κ2) is 9.56. The number of benzene rings is 2. The Morgan fingerprint density at radius 1 is 1.10 bits per heavy atom. The molecule has 158 valence electrons. The van der Waals surface area contributed by atoms with E-state index in [1.54, 1.807) is 17.8 Å². The Kier molecular flexibility index (Phi) is 6.62. The van der Waals surface area contributed by atoms with Gasteiger partial charge in [0.15, 0.2) is 0 Å². The number of fused-ring (bicyclic) bond motifs is 1. The highest BCUT2D eigenvalue weighted by molar-refractivity contribution is 7.98. The zero-order chi connectivity index (χ0) is 20.9. The van der Waals surface area contributed by atoms with Crippen molar-refractivity contribution in [3.05, 3.63) is 59.2 Å². The number of nitrogens with one attached hydrogen (secondary N) is 3. The zero-order valence-electron chi connectivity index (χ0n) is 17.4. The van der Waals surface area contributed by atoms with E-state index in [0.29, 0.717) is 17.0 Å². The normalized spacial score (nSPS) is 18.8. The highest BCUT2D eigenvalue weighted by atomic mass is 32.2. The summed E-state index contributed by atoms with van der Waals surface area (Å²) in [5.74, 6) is 1.45. The van der Waals surface area contributed by atoms with Gasteiger partial charge in [-0.25, -0.2) is 0 Å². The molecule has 3 N–H and O–H groups in total. The third-order valence-electron chi connectivity index (χ3n) is 5.93. The van der Waals surface area contributed by atoms with Crippen LogP contribution in [-0.2, 0) is 10.5 Å². The molecule has 2 aromatic carbocycles. The van der Waals surface area contributed by atoms with Gasteiger partial charge in [0.1, 0.15) is 6.04 Å². The maximum Gasteiger partial charge on any atom is 0.251 e. The topological polar surface area (TPSA) is 70.2 Å². The molecule has 30 heavy (non-hydrogen) atoms. The third-order valence-corrected chi connectivity index (χ3v) is 7.01. The van der Waals surface area contributed by atoms with E-state index in [0.717, 1.165) is 24.3 Å². The van der Waals surface area contributed by atoms with Gasteiger partial charge in [0.05, 0.1) is 11.4 Å². The number of carbonyl (C=O) groups excluding carboxylic acids is 2. The molecule has 1 unspecified atom stereocenters. The van der Waals surface area contributed by atoms with E-state index >= 15 is 0 Å². The predicted octanol–water partition coefficient (Wildman–Crippen LogP) is 4.72. The molecule has 0 spiro atoms. The number of carbonyl (C=O) groups is 2. The van der Waals surface area contributed by atoms with Crippen molar-refractivity contribution in [3.8, 4) is 0 Å². The van der Waals surface area contributed by atoms with Crippen molar-refractivity contribution in [2.75, 3.05) is 16.4 Å². The van der Waals surface area contributed by atoms with Crippen LogP contribution < -0.4 is 16.0 Å². The van der Waals surface area contributed by atoms with Crippen molar-refractivity contribution in [2.45, 2.75) is 56.9 Å². The highest BCUT2D eigenvalue weighted by Crippen LogP contribution is 2.29. The van der Waals surface area contributed by atoms with Crippen molar-refractivity contribution in [2.24, 2.45) is 0 Å². The lowest BCUT2D eigenvalue weighted by atomic mass is 9.95. The molecular weight excluding hydrogens is 394 g/mol. The van der Waals surface area contributed by atoms with E-state index in [-0.39, 0.29) is 23.9 Å². The fourth-order valence-corrected chi connectivity index (χ4v) is 5.21. The second-order valence-electron chi connectivity index (χ2n) is 8.20. The van der Waals surface area contributed by atoms with Gasteiger partial charge < -0.3 is 16.0 Å². The van der Waals surface area contributed by atoms with Gasteiger partial charge in [-0.2, -0.15) is 11.8 Å². The monoisotopic (exact) mass is 423 g/mol. The number of aryl methyl sites for hydroxylation is 1. The van der Waals surface area contributed by atoms with E-state index in [4.69, 9.17) is 0 Å². The summed E-state index contributed by atoms with van der Waals surface area (Å²) in [6, 6.07) is 13.8. The number of rotatable bonds is 6. The van der Waals surface area contributed by atoms with Gasteiger partial charge in [0.25, 0.3) is 5.91 Å². The Morgan fingerprint density at radius 3 is 2.70 bits per heavy atom. The SMILES string of the molecule is Cc1ccccc1CSCC1Nc2ccc(C(=O)NC3CCCCC3)cc2NC1=O. The maximum atomic E-state index is 12.6. The van der Waals surface area contributed by atoms with Crippen LogP contribution in [0.5, 0.6) is 0 Å². The van der Waals surface area contributed by atoms with Gasteiger partial charge in [-0.15, -0.1) is 0 Å². The Bertz CT molecular complexity index is 924. The minimum Gasteiger partial charge on any atom is -0.371 e. The van der Waals surface area contributed by atoms with Crippen molar-refractivity contribution in [3.63, 3.8) is 0 Å². The quantitative estimate of drug-likeness (QED) is 0.629. The van der Waals surface area contributed by atoms with Gasteiger partial charge in [-0.1, -0.05) is 43.5 Å². The van der Waals surface area contributed by atoms with E-state index in [1.807, 2.05) is 24.3 Å². The summed E-state index contributed by atoms with van der Waals surface area (Å²) in [4.78, 5) is 25.2. The first-order valence-electron chi connectivity index (χ1n) is 10.7. The van der Waals surface area contributed by atoms with Crippen LogP contribution in [0, 0.1) is 6.92 Å². The molecule has 0 saturated heterocycles. The summed E-state index contributed by atoms with van der Waals surface area (Å²) in [6.45, 7) is 2.11. The van der Waals surface area contributed by atoms with E-state index in [1.165, 1.54) is 30.4 Å². The van der Waals surface area contributed by atoms with Crippen molar-refractivity contribution in [1.82, 2.24) is 5.32 Å². The molecule has 1 saturated carbocycles. The number of thioether (sulfide) groups is 1. The molecule has 0 radical (unpaired) electrons. The molecule has 6 heteroatoms. The number of anilines is 2. The molecule has 4 rings (SSSR count). The number of hydrogen-bond donors (Lipinski definition) is 3. The van der Waals surface area contributed by atoms with Crippen LogP contribution in [0.2, 0.25) is 0 Å². The van der Waals surface area contributed by atoms with Gasteiger partial charge in [0.2, 0.25) is 5.91 Å². The van der Waals surface area contributed by atoms with E-state index in [9.17, 15) is 9.59 Å². The lowest BCUT2D eigenvalue weighted by molar-refractivity contribution is -0.116. The number of amides is 2. The number of hydrogen-bond acceptors (Lipinski definition) is 4. The van der Waals surface area contributed by atoms with Crippen LogP contribution in [0.25, 0.3) is 0 Å². The average molecular weight is 424 g/mol. The minimum atomic E-state index is -0.284. The van der Waals surface area contributed by atoms with Crippen LogP contribution in [0.1, 0.15) is 53.6 Å². The van der Waals surface area contributed by atoms with Crippen LogP contribution in [-0.4, -0.2) is 29.7 Å². The molecule has 0 aromatic heterocycles. The summed E-state index contributed by atoms with van der Waals surface area (Å²) >= 11 is 1.75. The molecule has 2 aliphatic rings. The molecule has 1 heterocycles. The molecule has 1 aliphatic heterocycles. The third kappa shape index (κ3) is 4.98. The molecule has 0 bridgehead atoms. The van der Waals surface area contributed by atoms with Gasteiger partial charge in [-0.05, 0) is 49.1 Å². The maximum absolute atomic E-state index is 12.6. The fourth-order valence-electron chi connectivity index (χ4n) is 4.08. The smallest absolute Gasteiger partial charge is 0.251 e. The molecule has 1 aliphatic carbocycles. The standard InChI is InChI=1S/C24H29N3O2S/c1-16-7-5-6-8-18(16)14-30-15-22-24(29)27-21-13-17(11-12-20(21)26-22)23(28)25-19-9-3-2-4-10-19/h5-8,11-13,19,22,26H,2-4,9-10,14-15H2,1H3,(H,25,28)(H,27,29). The fraction of sp³-hybridized carbons (Fsp3) is 0.417. The molecule has 1 fully saturated rings. The van der Waals surface area contributed by atoms with Crippen LogP contribution in [0.15, 0.2) is 42.5 Å². The summed E-state index contributed by atoms with van der Waals surface area (Å²) < 4.78 is 0. The molecule has 1 atom stereocenters.